The first-order chi connectivity index (χ1) is 9.94. The Hall–Kier alpha value is -2.28. The van der Waals surface area contributed by atoms with Gasteiger partial charge in [-0.2, -0.15) is 0 Å². The molecule has 1 aromatic carbocycles. The largest absolute Gasteiger partial charge is 0.573 e. The minimum atomic E-state index is -4.78. The predicted octanol–water partition coefficient (Wildman–Crippen LogP) is 3.95. The minimum Gasteiger partial charge on any atom is -0.405 e. The van der Waals surface area contributed by atoms with Crippen LogP contribution in [0.1, 0.15) is 0 Å². The van der Waals surface area contributed by atoms with Crippen molar-refractivity contribution in [3.8, 4) is 17.0 Å². The summed E-state index contributed by atoms with van der Waals surface area (Å²) >= 11 is 5.99. The summed E-state index contributed by atoms with van der Waals surface area (Å²) in [6.07, 6.45) is -1.66. The number of benzene rings is 1. The van der Waals surface area contributed by atoms with E-state index in [1.807, 2.05) is 0 Å². The molecule has 0 saturated carbocycles. The van der Waals surface area contributed by atoms with Crippen molar-refractivity contribution in [2.75, 3.05) is 0 Å². The third kappa shape index (κ3) is 2.78. The smallest absolute Gasteiger partial charge is 0.405 e. The van der Waals surface area contributed by atoms with E-state index in [0.29, 0.717) is 5.65 Å². The minimum absolute atomic E-state index is 0.0989. The van der Waals surface area contributed by atoms with Crippen molar-refractivity contribution in [1.82, 2.24) is 14.4 Å². The van der Waals surface area contributed by atoms with Crippen molar-refractivity contribution in [3.63, 3.8) is 0 Å². The van der Waals surface area contributed by atoms with Crippen molar-refractivity contribution < 1.29 is 17.9 Å². The molecule has 4 nitrogen and oxygen atoms in total. The number of fused-ring (bicyclic) bond motifs is 1. The third-order valence-electron chi connectivity index (χ3n) is 2.74. The van der Waals surface area contributed by atoms with Gasteiger partial charge < -0.3 is 4.74 Å². The second-order valence-corrected chi connectivity index (χ2v) is 4.45. The highest BCUT2D eigenvalue weighted by Crippen LogP contribution is 2.33. The molecule has 0 unspecified atom stereocenters. The Morgan fingerprint density at radius 2 is 1.95 bits per heavy atom. The van der Waals surface area contributed by atoms with E-state index < -0.39 is 6.36 Å². The number of rotatable bonds is 2. The second kappa shape index (κ2) is 4.92. The fourth-order valence-electron chi connectivity index (χ4n) is 1.92. The van der Waals surface area contributed by atoms with Crippen LogP contribution in [-0.2, 0) is 0 Å². The fourth-order valence-corrected chi connectivity index (χ4v) is 2.15. The zero-order chi connectivity index (χ0) is 15.0. The van der Waals surface area contributed by atoms with Gasteiger partial charge in [-0.25, -0.2) is 9.97 Å². The first-order valence-corrected chi connectivity index (χ1v) is 6.16. The van der Waals surface area contributed by atoms with Crippen LogP contribution in [0.3, 0.4) is 0 Å². The van der Waals surface area contributed by atoms with Crippen LogP contribution >= 0.6 is 11.6 Å². The molecular weight excluding hydrogens is 307 g/mol. The number of alkyl halides is 3. The Morgan fingerprint density at radius 1 is 1.19 bits per heavy atom. The lowest BCUT2D eigenvalue weighted by molar-refractivity contribution is -0.274. The Bertz CT molecular complexity index is 801. The highest BCUT2D eigenvalue weighted by molar-refractivity contribution is 6.28. The molecule has 0 aliphatic rings. The highest BCUT2D eigenvalue weighted by atomic mass is 35.5. The molecule has 0 radical (unpaired) electrons. The molecule has 108 valence electrons. The van der Waals surface area contributed by atoms with Crippen LogP contribution < -0.4 is 4.74 Å². The maximum Gasteiger partial charge on any atom is 0.573 e. The molecular formula is C13H7ClF3N3O. The monoisotopic (exact) mass is 313 g/mol. The van der Waals surface area contributed by atoms with Crippen LogP contribution in [0.25, 0.3) is 16.9 Å². The van der Waals surface area contributed by atoms with Crippen LogP contribution in [0.5, 0.6) is 5.75 Å². The maximum absolute atomic E-state index is 12.4. The highest BCUT2D eigenvalue weighted by Gasteiger charge is 2.32. The van der Waals surface area contributed by atoms with E-state index in [1.165, 1.54) is 34.9 Å². The van der Waals surface area contributed by atoms with Gasteiger partial charge in [-0.3, -0.25) is 4.40 Å². The molecule has 0 saturated heterocycles. The topological polar surface area (TPSA) is 39.4 Å². The Morgan fingerprint density at radius 3 is 2.71 bits per heavy atom. The molecule has 0 bridgehead atoms. The number of halogens is 4. The normalized spacial score (nSPS) is 11.8. The lowest BCUT2D eigenvalue weighted by atomic mass is 10.1. The van der Waals surface area contributed by atoms with E-state index in [2.05, 4.69) is 14.7 Å². The first-order valence-electron chi connectivity index (χ1n) is 5.79. The number of hydrogen-bond donors (Lipinski definition) is 0. The maximum atomic E-state index is 12.4. The average Bonchev–Trinajstić information content (AvgIpc) is 2.86. The van der Waals surface area contributed by atoms with Crippen LogP contribution in [0.2, 0.25) is 5.28 Å². The molecule has 0 amide bonds. The van der Waals surface area contributed by atoms with Gasteiger partial charge in [0, 0.05) is 24.0 Å². The van der Waals surface area contributed by atoms with Gasteiger partial charge in [-0.1, -0.05) is 12.1 Å². The Labute approximate surface area is 121 Å². The van der Waals surface area contributed by atoms with E-state index in [0.717, 1.165) is 0 Å². The summed E-state index contributed by atoms with van der Waals surface area (Å²) < 4.78 is 42.8. The number of aromatic nitrogens is 3. The van der Waals surface area contributed by atoms with Crippen LogP contribution in [0.15, 0.2) is 42.7 Å². The van der Waals surface area contributed by atoms with Gasteiger partial charge in [0.05, 0.1) is 5.69 Å². The van der Waals surface area contributed by atoms with Crippen molar-refractivity contribution in [2.45, 2.75) is 6.36 Å². The molecule has 0 aliphatic heterocycles. The Kier molecular flexibility index (Phi) is 3.21. The first kappa shape index (κ1) is 13.7. The number of ether oxygens (including phenoxy) is 1. The van der Waals surface area contributed by atoms with Crippen LogP contribution in [-0.4, -0.2) is 20.7 Å². The van der Waals surface area contributed by atoms with Gasteiger partial charge in [0.15, 0.2) is 0 Å². The molecule has 0 aliphatic carbocycles. The van der Waals surface area contributed by atoms with Crippen molar-refractivity contribution in [1.29, 1.82) is 0 Å². The molecule has 8 heteroatoms. The molecule has 0 fully saturated rings. The zero-order valence-electron chi connectivity index (χ0n) is 10.3. The SMILES string of the molecule is FC(F)(F)Oc1ccccc1-c1cc2nccn2c(Cl)n1. The van der Waals surface area contributed by atoms with E-state index in [4.69, 9.17) is 11.6 Å². The molecule has 0 N–H and O–H groups in total. The number of para-hydroxylation sites is 1. The van der Waals surface area contributed by atoms with Crippen molar-refractivity contribution in [2.24, 2.45) is 0 Å². The molecule has 2 aromatic heterocycles. The van der Waals surface area contributed by atoms with Crippen LogP contribution in [0.4, 0.5) is 13.2 Å². The average molecular weight is 314 g/mol. The van der Waals surface area contributed by atoms with E-state index >= 15 is 0 Å². The fraction of sp³-hybridized carbons (Fsp3) is 0.0769. The van der Waals surface area contributed by atoms with Gasteiger partial charge in [0.25, 0.3) is 0 Å². The quantitative estimate of drug-likeness (QED) is 0.673. The standard InChI is InChI=1S/C13H7ClF3N3O/c14-12-19-9(7-11-18-5-6-20(11)12)8-3-1-2-4-10(8)21-13(15,16)17/h1-7H. The summed E-state index contributed by atoms with van der Waals surface area (Å²) in [5.41, 5.74) is 0.910. The van der Waals surface area contributed by atoms with E-state index in [-0.39, 0.29) is 22.3 Å². The molecule has 2 heterocycles. The van der Waals surface area contributed by atoms with Gasteiger partial charge in [0.2, 0.25) is 5.28 Å². The van der Waals surface area contributed by atoms with Gasteiger partial charge in [0.1, 0.15) is 11.4 Å². The second-order valence-electron chi connectivity index (χ2n) is 4.11. The number of hydrogen-bond acceptors (Lipinski definition) is 3. The van der Waals surface area contributed by atoms with Gasteiger partial charge >= 0.3 is 6.36 Å². The third-order valence-corrected chi connectivity index (χ3v) is 3.00. The van der Waals surface area contributed by atoms with Gasteiger partial charge in [-0.15, -0.1) is 13.2 Å². The summed E-state index contributed by atoms with van der Waals surface area (Å²) in [5, 5.41) is 0.0989. The predicted molar refractivity (Wildman–Crippen MR) is 70.1 cm³/mol. The molecule has 21 heavy (non-hydrogen) atoms. The summed E-state index contributed by atoms with van der Waals surface area (Å²) in [6.45, 7) is 0. The number of imidazole rings is 1. The molecule has 0 atom stereocenters. The number of nitrogens with zero attached hydrogens (tertiary/aromatic N) is 3. The Balaban J connectivity index is 2.14. The van der Waals surface area contributed by atoms with Gasteiger partial charge in [-0.05, 0) is 23.7 Å². The zero-order valence-corrected chi connectivity index (χ0v) is 11.1. The van der Waals surface area contributed by atoms with E-state index in [9.17, 15) is 13.2 Å². The molecule has 0 spiro atoms. The summed E-state index contributed by atoms with van der Waals surface area (Å²) in [4.78, 5) is 8.12. The lowest BCUT2D eigenvalue weighted by Gasteiger charge is -2.13. The molecule has 3 rings (SSSR count). The molecule has 3 aromatic rings. The van der Waals surface area contributed by atoms with Crippen molar-refractivity contribution >= 4 is 17.2 Å². The lowest BCUT2D eigenvalue weighted by Crippen LogP contribution is -2.17. The summed E-state index contributed by atoms with van der Waals surface area (Å²) in [7, 11) is 0. The van der Waals surface area contributed by atoms with Crippen molar-refractivity contribution in [3.05, 3.63) is 48.0 Å². The van der Waals surface area contributed by atoms with E-state index in [1.54, 1.807) is 12.3 Å². The summed E-state index contributed by atoms with van der Waals surface area (Å²) in [5.74, 6) is -0.343. The summed E-state index contributed by atoms with van der Waals surface area (Å²) in [6, 6.07) is 7.25. The van der Waals surface area contributed by atoms with Crippen LogP contribution in [0, 0.1) is 0 Å².